The quantitative estimate of drug-likeness (QED) is 0.862. The number of benzene rings is 1. The van der Waals surface area contributed by atoms with Crippen LogP contribution in [-0.4, -0.2) is 37.1 Å². The lowest BCUT2D eigenvalue weighted by Crippen LogP contribution is -2.36. The van der Waals surface area contributed by atoms with Gasteiger partial charge in [0.2, 0.25) is 0 Å². The molecule has 2 aromatic rings. The highest BCUT2D eigenvalue weighted by atomic mass is 35.5. The van der Waals surface area contributed by atoms with Gasteiger partial charge in [-0.15, -0.1) is 36.2 Å². The van der Waals surface area contributed by atoms with Gasteiger partial charge in [-0.3, -0.25) is 4.79 Å². The number of hydrogen-bond acceptors (Lipinski definition) is 5. The van der Waals surface area contributed by atoms with Gasteiger partial charge in [0.1, 0.15) is 16.5 Å². The number of hydrogen-bond donors (Lipinski definition) is 2. The first kappa shape index (κ1) is 19.7. The van der Waals surface area contributed by atoms with Crippen LogP contribution in [-0.2, 0) is 0 Å². The number of rotatable bonds is 4. The highest BCUT2D eigenvalue weighted by Crippen LogP contribution is 2.25. The van der Waals surface area contributed by atoms with Crippen molar-refractivity contribution in [2.45, 2.75) is 12.5 Å². The van der Waals surface area contributed by atoms with E-state index in [1.807, 2.05) is 24.3 Å². The zero-order valence-electron chi connectivity index (χ0n) is 12.6. The van der Waals surface area contributed by atoms with Crippen LogP contribution in [0, 0.1) is 0 Å². The average molecular weight is 376 g/mol. The Labute approximate surface area is 151 Å². The van der Waals surface area contributed by atoms with Crippen molar-refractivity contribution < 1.29 is 9.53 Å². The standard InChI is InChI=1S/C15H17N3O2S.2ClH/c1-20-12-4-2-10(3-5-12)15-18-13(9-21-15)14(19)17-11-6-7-16-8-11;;/h2-5,9,11,16H,6-8H2,1H3,(H,17,19);2*1H. The molecule has 2 N–H and O–H groups in total. The van der Waals surface area contributed by atoms with E-state index in [4.69, 9.17) is 4.74 Å². The number of aromatic nitrogens is 1. The number of halogens is 2. The Morgan fingerprint density at radius 3 is 2.70 bits per heavy atom. The van der Waals surface area contributed by atoms with Gasteiger partial charge in [0, 0.05) is 23.5 Å². The number of thiazole rings is 1. The van der Waals surface area contributed by atoms with E-state index in [0.29, 0.717) is 5.69 Å². The fraction of sp³-hybridized carbons (Fsp3) is 0.333. The van der Waals surface area contributed by atoms with E-state index >= 15 is 0 Å². The highest BCUT2D eigenvalue weighted by Gasteiger charge is 2.19. The summed E-state index contributed by atoms with van der Waals surface area (Å²) in [4.78, 5) is 16.6. The van der Waals surface area contributed by atoms with Crippen molar-refractivity contribution >= 4 is 42.1 Å². The Kier molecular flexibility index (Phi) is 7.78. The molecule has 0 bridgehead atoms. The predicted molar refractivity (Wildman–Crippen MR) is 97.3 cm³/mol. The van der Waals surface area contributed by atoms with Gasteiger partial charge in [-0.2, -0.15) is 0 Å². The molecule has 1 aromatic carbocycles. The van der Waals surface area contributed by atoms with E-state index in [2.05, 4.69) is 15.6 Å². The van der Waals surface area contributed by atoms with Crippen molar-refractivity contribution in [2.75, 3.05) is 20.2 Å². The molecule has 126 valence electrons. The summed E-state index contributed by atoms with van der Waals surface area (Å²) >= 11 is 1.47. The van der Waals surface area contributed by atoms with Gasteiger partial charge in [-0.25, -0.2) is 4.98 Å². The molecule has 8 heteroatoms. The van der Waals surface area contributed by atoms with Crippen LogP contribution in [0.25, 0.3) is 10.6 Å². The maximum Gasteiger partial charge on any atom is 0.271 e. The molecule has 2 heterocycles. The zero-order chi connectivity index (χ0) is 14.7. The summed E-state index contributed by atoms with van der Waals surface area (Å²) < 4.78 is 5.14. The van der Waals surface area contributed by atoms with Crippen LogP contribution in [0.4, 0.5) is 0 Å². The molecular formula is C15H19Cl2N3O2S. The van der Waals surface area contributed by atoms with E-state index in [-0.39, 0.29) is 36.8 Å². The van der Waals surface area contributed by atoms with Crippen LogP contribution in [0.5, 0.6) is 5.75 Å². The minimum absolute atomic E-state index is 0. The van der Waals surface area contributed by atoms with E-state index in [9.17, 15) is 4.79 Å². The van der Waals surface area contributed by atoms with Crippen LogP contribution in [0.3, 0.4) is 0 Å². The normalized spacial score (nSPS) is 16.1. The minimum Gasteiger partial charge on any atom is -0.497 e. The molecule has 1 amide bonds. The molecule has 1 aromatic heterocycles. The second-order valence-corrected chi connectivity index (χ2v) is 5.79. The van der Waals surface area contributed by atoms with Crippen LogP contribution >= 0.6 is 36.2 Å². The van der Waals surface area contributed by atoms with Crippen molar-refractivity contribution in [2.24, 2.45) is 0 Å². The number of nitrogens with one attached hydrogen (secondary N) is 2. The molecule has 0 spiro atoms. The first-order valence-corrected chi connectivity index (χ1v) is 7.76. The maximum atomic E-state index is 12.1. The first-order valence-electron chi connectivity index (χ1n) is 6.88. The summed E-state index contributed by atoms with van der Waals surface area (Å²) in [5.74, 6) is 0.710. The Bertz CT molecular complexity index is 628. The topological polar surface area (TPSA) is 63.2 Å². The lowest BCUT2D eigenvalue weighted by Gasteiger charge is -2.09. The van der Waals surface area contributed by atoms with Crippen LogP contribution in [0.2, 0.25) is 0 Å². The third-order valence-electron chi connectivity index (χ3n) is 3.47. The summed E-state index contributed by atoms with van der Waals surface area (Å²) in [6.45, 7) is 1.79. The van der Waals surface area contributed by atoms with Crippen LogP contribution in [0.15, 0.2) is 29.6 Å². The molecule has 1 fully saturated rings. The Morgan fingerprint density at radius 2 is 2.09 bits per heavy atom. The second kappa shape index (κ2) is 9.08. The summed E-state index contributed by atoms with van der Waals surface area (Å²) in [5, 5.41) is 8.87. The summed E-state index contributed by atoms with van der Waals surface area (Å²) in [7, 11) is 1.64. The Morgan fingerprint density at radius 1 is 1.35 bits per heavy atom. The largest absolute Gasteiger partial charge is 0.497 e. The fourth-order valence-corrected chi connectivity index (χ4v) is 3.09. The van der Waals surface area contributed by atoms with E-state index in [1.165, 1.54) is 11.3 Å². The van der Waals surface area contributed by atoms with Crippen LogP contribution < -0.4 is 15.4 Å². The highest BCUT2D eigenvalue weighted by molar-refractivity contribution is 7.13. The molecule has 23 heavy (non-hydrogen) atoms. The lowest BCUT2D eigenvalue weighted by atomic mass is 10.2. The number of methoxy groups -OCH3 is 1. The molecule has 0 saturated carbocycles. The van der Waals surface area contributed by atoms with Gasteiger partial charge < -0.3 is 15.4 Å². The lowest BCUT2D eigenvalue weighted by molar-refractivity contribution is 0.0936. The summed E-state index contributed by atoms with van der Waals surface area (Å²) in [5.41, 5.74) is 1.47. The monoisotopic (exact) mass is 375 g/mol. The Hall–Kier alpha value is -1.34. The van der Waals surface area contributed by atoms with Gasteiger partial charge in [0.25, 0.3) is 5.91 Å². The summed E-state index contributed by atoms with van der Waals surface area (Å²) in [6, 6.07) is 7.88. The van der Waals surface area contributed by atoms with Gasteiger partial charge >= 0.3 is 0 Å². The van der Waals surface area contributed by atoms with Gasteiger partial charge in [-0.05, 0) is 37.2 Å². The molecular weight excluding hydrogens is 357 g/mol. The number of carbonyl (C=O) groups excluding carboxylic acids is 1. The molecule has 0 radical (unpaired) electrons. The van der Waals surface area contributed by atoms with Gasteiger partial charge in [-0.1, -0.05) is 0 Å². The van der Waals surface area contributed by atoms with E-state index in [0.717, 1.165) is 35.8 Å². The second-order valence-electron chi connectivity index (χ2n) is 4.93. The van der Waals surface area contributed by atoms with Crippen molar-refractivity contribution in [3.63, 3.8) is 0 Å². The molecule has 5 nitrogen and oxygen atoms in total. The molecule has 3 rings (SSSR count). The number of amides is 1. The minimum atomic E-state index is -0.0975. The summed E-state index contributed by atoms with van der Waals surface area (Å²) in [6.07, 6.45) is 0.973. The number of nitrogens with zero attached hydrogens (tertiary/aromatic N) is 1. The maximum absolute atomic E-state index is 12.1. The van der Waals surface area contributed by atoms with Gasteiger partial charge in [0.05, 0.1) is 7.11 Å². The SMILES string of the molecule is COc1ccc(-c2nc(C(=O)NC3CCNC3)cs2)cc1.Cl.Cl. The smallest absolute Gasteiger partial charge is 0.271 e. The molecule has 1 atom stereocenters. The molecule has 0 aliphatic carbocycles. The van der Waals surface area contributed by atoms with E-state index < -0.39 is 0 Å². The Balaban J connectivity index is 0.00000132. The van der Waals surface area contributed by atoms with Crippen LogP contribution in [0.1, 0.15) is 16.9 Å². The zero-order valence-corrected chi connectivity index (χ0v) is 15.0. The number of carbonyl (C=O) groups is 1. The molecule has 1 aliphatic heterocycles. The molecule has 1 saturated heterocycles. The first-order chi connectivity index (χ1) is 10.3. The van der Waals surface area contributed by atoms with Gasteiger partial charge in [0.15, 0.2) is 0 Å². The van der Waals surface area contributed by atoms with Crippen molar-refractivity contribution in [1.82, 2.24) is 15.6 Å². The van der Waals surface area contributed by atoms with Crippen molar-refractivity contribution in [3.8, 4) is 16.3 Å². The number of ether oxygens (including phenoxy) is 1. The third-order valence-corrected chi connectivity index (χ3v) is 4.36. The fourth-order valence-electron chi connectivity index (χ4n) is 2.28. The van der Waals surface area contributed by atoms with E-state index in [1.54, 1.807) is 12.5 Å². The average Bonchev–Trinajstić information content (AvgIpc) is 3.18. The molecule has 1 aliphatic rings. The van der Waals surface area contributed by atoms with Crippen molar-refractivity contribution in [3.05, 3.63) is 35.3 Å². The predicted octanol–water partition coefficient (Wildman–Crippen LogP) is 2.75. The molecule has 1 unspecified atom stereocenters. The van der Waals surface area contributed by atoms with Crippen molar-refractivity contribution in [1.29, 1.82) is 0 Å². The third kappa shape index (κ3) is 4.81.